The van der Waals surface area contributed by atoms with Crippen LogP contribution in [0.4, 0.5) is 5.69 Å². The molecule has 2 heterocycles. The van der Waals surface area contributed by atoms with Gasteiger partial charge in [-0.2, -0.15) is 8.42 Å². The zero-order valence-corrected chi connectivity index (χ0v) is 28.7. The largest absolute Gasteiger partial charge is 0.490 e. The molecule has 2 amide bonds. The Kier molecular flexibility index (Phi) is 12.4. The molecule has 0 saturated carbocycles. The number of hydrogen-bond donors (Lipinski definition) is 2. The summed E-state index contributed by atoms with van der Waals surface area (Å²) in [6.45, 7) is 6.37. The van der Waals surface area contributed by atoms with Crippen LogP contribution in [0.1, 0.15) is 56.0 Å². The number of fused-ring (bicyclic) bond motifs is 1. The molecular formula is C34H47N5O7S. The number of aromatic nitrogens is 2. The molecule has 3 aromatic rings. The van der Waals surface area contributed by atoms with Gasteiger partial charge in [0.05, 0.1) is 43.2 Å². The minimum absolute atomic E-state index is 0.0383. The second-order valence-electron chi connectivity index (χ2n) is 12.4. The van der Waals surface area contributed by atoms with Crippen LogP contribution in [-0.4, -0.2) is 96.3 Å². The van der Waals surface area contributed by atoms with E-state index in [9.17, 15) is 23.1 Å². The molecule has 13 heteroatoms. The number of aliphatic hydroxyl groups excluding tert-OH is 1. The molecule has 0 radical (unpaired) electrons. The Labute approximate surface area is 277 Å². The number of carbonyl (C=O) groups excluding carboxylic acids is 2. The number of benzene rings is 2. The van der Waals surface area contributed by atoms with Gasteiger partial charge in [0, 0.05) is 51.6 Å². The molecule has 256 valence electrons. The van der Waals surface area contributed by atoms with Gasteiger partial charge in [0.2, 0.25) is 5.91 Å². The summed E-state index contributed by atoms with van der Waals surface area (Å²) < 4.78 is 42.7. The highest BCUT2D eigenvalue weighted by Crippen LogP contribution is 2.29. The molecule has 0 spiro atoms. The number of nitrogens with one attached hydrogen (secondary N) is 1. The van der Waals surface area contributed by atoms with Crippen molar-refractivity contribution in [2.45, 2.75) is 69.7 Å². The molecule has 0 unspecified atom stereocenters. The molecule has 4 atom stereocenters. The first kappa shape index (κ1) is 35.9. The van der Waals surface area contributed by atoms with Gasteiger partial charge in [0.15, 0.2) is 5.03 Å². The normalized spacial score (nSPS) is 20.4. The van der Waals surface area contributed by atoms with Crippen molar-refractivity contribution in [2.75, 3.05) is 38.1 Å². The van der Waals surface area contributed by atoms with Gasteiger partial charge in [0.25, 0.3) is 15.9 Å². The number of carbonyl (C=O) groups is 2. The third-order valence-corrected chi connectivity index (χ3v) is 9.60. The lowest BCUT2D eigenvalue weighted by Gasteiger charge is -2.36. The molecule has 2 aromatic carbocycles. The molecule has 1 aromatic heterocycles. The van der Waals surface area contributed by atoms with Gasteiger partial charge in [-0.3, -0.25) is 14.3 Å². The Morgan fingerprint density at radius 1 is 1.17 bits per heavy atom. The molecule has 2 N–H and O–H groups in total. The zero-order chi connectivity index (χ0) is 34.1. The molecule has 4 rings (SSSR count). The topological polar surface area (TPSA) is 143 Å². The van der Waals surface area contributed by atoms with Gasteiger partial charge in [-0.15, -0.1) is 0 Å². The van der Waals surface area contributed by atoms with Crippen molar-refractivity contribution in [1.29, 1.82) is 0 Å². The number of imidazole rings is 1. The summed E-state index contributed by atoms with van der Waals surface area (Å²) in [6, 6.07) is 13.6. The molecule has 0 fully saturated rings. The van der Waals surface area contributed by atoms with Crippen LogP contribution >= 0.6 is 0 Å². The van der Waals surface area contributed by atoms with Crippen molar-refractivity contribution >= 4 is 27.5 Å². The second kappa shape index (κ2) is 16.2. The van der Waals surface area contributed by atoms with E-state index in [1.807, 2.05) is 44.2 Å². The Hall–Kier alpha value is -3.94. The van der Waals surface area contributed by atoms with E-state index in [-0.39, 0.29) is 59.9 Å². The average Bonchev–Trinajstić information content (AvgIpc) is 3.50. The van der Waals surface area contributed by atoms with Crippen LogP contribution in [0, 0.1) is 5.92 Å². The predicted octanol–water partition coefficient (Wildman–Crippen LogP) is 3.72. The number of aliphatic hydroxyl groups is 1. The lowest BCUT2D eigenvalue weighted by atomic mass is 10.0. The van der Waals surface area contributed by atoms with Gasteiger partial charge in [0.1, 0.15) is 5.75 Å². The average molecular weight is 670 g/mol. The lowest BCUT2D eigenvalue weighted by Crippen LogP contribution is -2.48. The summed E-state index contributed by atoms with van der Waals surface area (Å²) in [4.78, 5) is 34.6. The van der Waals surface area contributed by atoms with Gasteiger partial charge < -0.3 is 28.9 Å². The summed E-state index contributed by atoms with van der Waals surface area (Å²) >= 11 is 0. The molecule has 47 heavy (non-hydrogen) atoms. The lowest BCUT2D eigenvalue weighted by molar-refractivity contribution is -0.131. The van der Waals surface area contributed by atoms with E-state index in [2.05, 4.69) is 9.71 Å². The highest BCUT2D eigenvalue weighted by atomic mass is 32.2. The van der Waals surface area contributed by atoms with Crippen LogP contribution in [0.5, 0.6) is 5.75 Å². The fourth-order valence-electron chi connectivity index (χ4n) is 5.46. The van der Waals surface area contributed by atoms with Crippen molar-refractivity contribution < 1.29 is 32.6 Å². The number of amides is 2. The van der Waals surface area contributed by atoms with Gasteiger partial charge in [-0.05, 0) is 56.9 Å². The van der Waals surface area contributed by atoms with Crippen LogP contribution in [0.25, 0.3) is 0 Å². The van der Waals surface area contributed by atoms with Crippen molar-refractivity contribution in [3.8, 4) is 5.75 Å². The van der Waals surface area contributed by atoms with Crippen LogP contribution in [0.2, 0.25) is 0 Å². The molecule has 0 aliphatic carbocycles. The van der Waals surface area contributed by atoms with Crippen LogP contribution in [0.3, 0.4) is 0 Å². The number of rotatable bonds is 9. The second-order valence-corrected chi connectivity index (χ2v) is 14.1. The summed E-state index contributed by atoms with van der Waals surface area (Å²) in [5.41, 5.74) is 1.26. The van der Waals surface area contributed by atoms with Crippen LogP contribution in [-0.2, 0) is 33.0 Å². The first-order valence-corrected chi connectivity index (χ1v) is 17.5. The minimum Gasteiger partial charge on any atom is -0.490 e. The van der Waals surface area contributed by atoms with E-state index in [4.69, 9.17) is 9.47 Å². The fourth-order valence-corrected chi connectivity index (χ4v) is 6.49. The fraction of sp³-hybridized carbons (Fsp3) is 0.500. The Morgan fingerprint density at radius 3 is 2.60 bits per heavy atom. The smallest absolute Gasteiger partial charge is 0.280 e. The summed E-state index contributed by atoms with van der Waals surface area (Å²) in [7, 11) is -0.593. The highest BCUT2D eigenvalue weighted by Gasteiger charge is 2.31. The number of hydrogen-bond acceptors (Lipinski definition) is 8. The highest BCUT2D eigenvalue weighted by molar-refractivity contribution is 7.92. The number of nitrogens with zero attached hydrogens (tertiary/aromatic N) is 4. The monoisotopic (exact) mass is 669 g/mol. The van der Waals surface area contributed by atoms with E-state index in [0.29, 0.717) is 25.3 Å². The Morgan fingerprint density at radius 2 is 1.91 bits per heavy atom. The number of likely N-dealkylation sites (N-methyl/N-ethyl adjacent to an activating group) is 1. The molecule has 12 nitrogen and oxygen atoms in total. The minimum atomic E-state index is -4.02. The maximum absolute atomic E-state index is 14.3. The van der Waals surface area contributed by atoms with Crippen molar-refractivity contribution in [3.05, 3.63) is 72.2 Å². The molecular weight excluding hydrogens is 622 g/mol. The first-order valence-electron chi connectivity index (χ1n) is 16.0. The van der Waals surface area contributed by atoms with Crippen LogP contribution < -0.4 is 9.46 Å². The zero-order valence-electron chi connectivity index (χ0n) is 27.8. The van der Waals surface area contributed by atoms with Gasteiger partial charge >= 0.3 is 0 Å². The van der Waals surface area contributed by atoms with E-state index in [1.165, 1.54) is 23.2 Å². The number of ether oxygens (including phenoxy) is 2. The van der Waals surface area contributed by atoms with Crippen molar-refractivity contribution in [2.24, 2.45) is 13.0 Å². The standard InChI is InChI=1S/C34H47N5O7S/c1-24-19-39(25(2)22-40)34(42)29-18-28(36-47(43,44)32-21-37(4)23-35-32)14-15-30(29)46-26(3)11-9-10-16-45-31(24)20-38(5)33(41)17-27-12-7-6-8-13-27/h6-8,12-15,18,21,23-26,31,36,40H,9-11,16-17,19-20,22H2,1-5H3/t24-,25+,26-,31+/m1/s1. The Balaban J connectivity index is 1.62. The first-order chi connectivity index (χ1) is 22.4. The third-order valence-electron chi connectivity index (χ3n) is 8.34. The van der Waals surface area contributed by atoms with Gasteiger partial charge in [-0.25, -0.2) is 4.98 Å². The molecule has 1 aliphatic rings. The maximum atomic E-state index is 14.3. The number of aryl methyl sites for hydroxylation is 1. The summed E-state index contributed by atoms with van der Waals surface area (Å²) in [5.74, 6) is -0.369. The van der Waals surface area contributed by atoms with E-state index in [0.717, 1.165) is 18.4 Å². The third kappa shape index (κ3) is 9.78. The van der Waals surface area contributed by atoms with Crippen molar-refractivity contribution in [1.82, 2.24) is 19.4 Å². The van der Waals surface area contributed by atoms with E-state index >= 15 is 0 Å². The van der Waals surface area contributed by atoms with E-state index < -0.39 is 22.0 Å². The SMILES string of the molecule is C[C@@H]1CCCCO[C@@H](CN(C)C(=O)Cc2ccccc2)[C@H](C)CN([C@@H](C)CO)C(=O)c2cc(NS(=O)(=O)c3cn(C)cn3)ccc2O1. The van der Waals surface area contributed by atoms with Crippen molar-refractivity contribution in [3.63, 3.8) is 0 Å². The predicted molar refractivity (Wildman–Crippen MR) is 179 cm³/mol. The number of anilines is 1. The molecule has 1 aliphatic heterocycles. The van der Waals surface area contributed by atoms with Gasteiger partial charge in [-0.1, -0.05) is 37.3 Å². The summed E-state index contributed by atoms with van der Waals surface area (Å²) in [5, 5.41) is 10.0. The number of sulfonamides is 1. The Bertz CT molecular complexity index is 1600. The summed E-state index contributed by atoms with van der Waals surface area (Å²) in [6.07, 6.45) is 4.74. The quantitative estimate of drug-likeness (QED) is 0.351. The van der Waals surface area contributed by atoms with E-state index in [1.54, 1.807) is 43.0 Å². The van der Waals surface area contributed by atoms with Crippen LogP contribution in [0.15, 0.2) is 66.1 Å². The molecule has 0 saturated heterocycles. The molecule has 0 bridgehead atoms. The maximum Gasteiger partial charge on any atom is 0.280 e.